The highest BCUT2D eigenvalue weighted by Gasteiger charge is 2.12. The van der Waals surface area contributed by atoms with Crippen LogP contribution in [0.25, 0.3) is 0 Å². The third kappa shape index (κ3) is 4.44. The van der Waals surface area contributed by atoms with Gasteiger partial charge in [0.15, 0.2) is 0 Å². The Bertz CT molecular complexity index is 628. The maximum atomic E-state index is 11.7. The van der Waals surface area contributed by atoms with Crippen molar-refractivity contribution in [1.82, 2.24) is 5.32 Å². The molecular weight excluding hydrogens is 292 g/mol. The van der Waals surface area contributed by atoms with Crippen molar-refractivity contribution in [3.8, 4) is 0 Å². The zero-order valence-corrected chi connectivity index (χ0v) is 12.2. The van der Waals surface area contributed by atoms with E-state index in [9.17, 15) is 14.1 Å². The Morgan fingerprint density at radius 3 is 2.86 bits per heavy atom. The van der Waals surface area contributed by atoms with Crippen LogP contribution in [0.4, 0.5) is 10.5 Å². The van der Waals surface area contributed by atoms with Crippen LogP contribution in [0.5, 0.6) is 0 Å². The summed E-state index contributed by atoms with van der Waals surface area (Å²) in [5.41, 5.74) is 0.535. The van der Waals surface area contributed by atoms with E-state index in [1.165, 1.54) is 6.26 Å². The van der Waals surface area contributed by atoms with E-state index in [4.69, 9.17) is 4.42 Å². The molecule has 1 aromatic heterocycles. The minimum atomic E-state index is -1.11. The number of benzene rings is 1. The lowest BCUT2D eigenvalue weighted by molar-refractivity contribution is 0.149. The molecule has 7 heteroatoms. The highest BCUT2D eigenvalue weighted by molar-refractivity contribution is 7.84. The molecule has 6 nitrogen and oxygen atoms in total. The summed E-state index contributed by atoms with van der Waals surface area (Å²) in [5.74, 6) is 0.388. The Morgan fingerprint density at radius 1 is 1.38 bits per heavy atom. The molecule has 0 unspecified atom stereocenters. The molecule has 0 fully saturated rings. The summed E-state index contributed by atoms with van der Waals surface area (Å²) in [6.45, 7) is 0.0265. The Hall–Kier alpha value is -2.12. The van der Waals surface area contributed by atoms with Gasteiger partial charge in [0.2, 0.25) is 0 Å². The number of carbonyl (C=O) groups is 1. The molecule has 0 aliphatic heterocycles. The predicted octanol–water partition coefficient (Wildman–Crippen LogP) is 1.87. The Balaban J connectivity index is 1.87. The molecule has 112 valence electrons. The van der Waals surface area contributed by atoms with Gasteiger partial charge in [-0.05, 0) is 30.3 Å². The molecule has 3 N–H and O–H groups in total. The van der Waals surface area contributed by atoms with Gasteiger partial charge in [-0.2, -0.15) is 0 Å². The summed E-state index contributed by atoms with van der Waals surface area (Å²) < 4.78 is 16.4. The number of hydrogen-bond donors (Lipinski definition) is 3. The molecule has 2 amide bonds. The highest BCUT2D eigenvalue weighted by Crippen LogP contribution is 2.14. The van der Waals surface area contributed by atoms with E-state index in [0.717, 1.165) is 0 Å². The quantitative estimate of drug-likeness (QED) is 0.786. The number of urea groups is 1. The highest BCUT2D eigenvalue weighted by atomic mass is 32.2. The average Bonchev–Trinajstić information content (AvgIpc) is 2.99. The smallest absolute Gasteiger partial charge is 0.319 e. The van der Waals surface area contributed by atoms with Gasteiger partial charge >= 0.3 is 6.03 Å². The molecule has 0 bridgehead atoms. The number of aliphatic hydroxyl groups is 1. The van der Waals surface area contributed by atoms with Crippen LogP contribution in [0.15, 0.2) is 52.0 Å². The predicted molar refractivity (Wildman–Crippen MR) is 79.5 cm³/mol. The minimum absolute atomic E-state index is 0.0265. The first-order chi connectivity index (χ1) is 10.1. The number of nitrogens with one attached hydrogen (secondary N) is 2. The van der Waals surface area contributed by atoms with Gasteiger partial charge in [-0.15, -0.1) is 0 Å². The molecule has 1 heterocycles. The van der Waals surface area contributed by atoms with Crippen LogP contribution in [0.1, 0.15) is 11.9 Å². The summed E-state index contributed by atoms with van der Waals surface area (Å²) >= 11 is 0. The first-order valence-corrected chi connectivity index (χ1v) is 7.82. The zero-order chi connectivity index (χ0) is 15.2. The van der Waals surface area contributed by atoms with Crippen LogP contribution in [0.2, 0.25) is 0 Å². The van der Waals surface area contributed by atoms with Gasteiger partial charge in [-0.3, -0.25) is 4.21 Å². The SMILES string of the molecule is C[S@@](=O)c1cccc(NC(=O)NC[C@H](O)c2ccco2)c1. The number of rotatable bonds is 5. The minimum Gasteiger partial charge on any atom is -0.467 e. The molecule has 0 aliphatic rings. The molecule has 0 spiro atoms. The van der Waals surface area contributed by atoms with Gasteiger partial charge < -0.3 is 20.2 Å². The molecule has 2 rings (SSSR count). The number of furan rings is 1. The number of amides is 2. The zero-order valence-electron chi connectivity index (χ0n) is 11.4. The van der Waals surface area contributed by atoms with E-state index in [1.54, 1.807) is 42.7 Å². The topological polar surface area (TPSA) is 91.6 Å². The normalized spacial score (nSPS) is 13.4. The maximum Gasteiger partial charge on any atom is 0.319 e. The Labute approximate surface area is 124 Å². The summed E-state index contributed by atoms with van der Waals surface area (Å²) in [6.07, 6.45) is 2.12. The van der Waals surface area contributed by atoms with Crippen molar-refractivity contribution < 1.29 is 18.5 Å². The molecular formula is C14H16N2O4S. The van der Waals surface area contributed by atoms with Crippen molar-refractivity contribution in [1.29, 1.82) is 0 Å². The summed E-state index contributed by atoms with van der Waals surface area (Å²) in [6, 6.07) is 9.60. The summed E-state index contributed by atoms with van der Waals surface area (Å²) in [4.78, 5) is 12.4. The second-order valence-electron chi connectivity index (χ2n) is 4.35. The molecule has 0 aliphatic carbocycles. The van der Waals surface area contributed by atoms with Crippen LogP contribution in [-0.4, -0.2) is 28.1 Å². The Kier molecular flexibility index (Phi) is 5.13. The molecule has 2 atom stereocenters. The van der Waals surface area contributed by atoms with Crippen molar-refractivity contribution in [2.24, 2.45) is 0 Å². The van der Waals surface area contributed by atoms with Crippen LogP contribution in [0.3, 0.4) is 0 Å². The van der Waals surface area contributed by atoms with Gasteiger partial charge in [-0.25, -0.2) is 4.79 Å². The standard InChI is InChI=1S/C14H16N2O4S/c1-21(19)11-5-2-4-10(8-11)16-14(18)15-9-12(17)13-6-3-7-20-13/h2-8,12,17H,9H2,1H3,(H2,15,16,18)/t12-,21+/m0/s1. The van der Waals surface area contributed by atoms with Crippen LogP contribution >= 0.6 is 0 Å². The molecule has 1 aromatic carbocycles. The van der Waals surface area contributed by atoms with E-state index >= 15 is 0 Å². The second-order valence-corrected chi connectivity index (χ2v) is 5.73. The van der Waals surface area contributed by atoms with E-state index in [-0.39, 0.29) is 6.54 Å². The first-order valence-electron chi connectivity index (χ1n) is 6.26. The van der Waals surface area contributed by atoms with Gasteiger partial charge in [-0.1, -0.05) is 6.07 Å². The van der Waals surface area contributed by atoms with Gasteiger partial charge in [0.05, 0.1) is 12.8 Å². The fourth-order valence-corrected chi connectivity index (χ4v) is 2.26. The fourth-order valence-electron chi connectivity index (χ4n) is 1.70. The molecule has 0 radical (unpaired) electrons. The van der Waals surface area contributed by atoms with Gasteiger partial charge in [0.25, 0.3) is 0 Å². The van der Waals surface area contributed by atoms with Gasteiger partial charge in [0, 0.05) is 27.6 Å². The molecule has 2 aromatic rings. The lowest BCUT2D eigenvalue weighted by atomic mass is 10.3. The van der Waals surface area contributed by atoms with Crippen LogP contribution in [-0.2, 0) is 10.8 Å². The average molecular weight is 308 g/mol. The van der Waals surface area contributed by atoms with Crippen molar-refractivity contribution in [3.63, 3.8) is 0 Å². The Morgan fingerprint density at radius 2 is 2.19 bits per heavy atom. The summed E-state index contributed by atoms with van der Waals surface area (Å²) in [7, 11) is -1.11. The largest absolute Gasteiger partial charge is 0.467 e. The van der Waals surface area contributed by atoms with Crippen LogP contribution < -0.4 is 10.6 Å². The van der Waals surface area contributed by atoms with Crippen molar-refractivity contribution >= 4 is 22.5 Å². The molecule has 21 heavy (non-hydrogen) atoms. The monoisotopic (exact) mass is 308 g/mol. The van der Waals surface area contributed by atoms with Crippen molar-refractivity contribution in [2.45, 2.75) is 11.0 Å². The number of carbonyl (C=O) groups excluding carboxylic acids is 1. The van der Waals surface area contributed by atoms with Gasteiger partial charge in [0.1, 0.15) is 11.9 Å². The molecule has 0 saturated carbocycles. The third-order valence-electron chi connectivity index (χ3n) is 2.75. The fraction of sp³-hybridized carbons (Fsp3) is 0.214. The van der Waals surface area contributed by atoms with E-state index in [0.29, 0.717) is 16.3 Å². The second kappa shape index (κ2) is 7.05. The number of anilines is 1. The van der Waals surface area contributed by atoms with E-state index in [2.05, 4.69) is 10.6 Å². The number of hydrogen-bond acceptors (Lipinski definition) is 4. The lowest BCUT2D eigenvalue weighted by Crippen LogP contribution is -2.32. The summed E-state index contributed by atoms with van der Waals surface area (Å²) in [5, 5.41) is 14.9. The van der Waals surface area contributed by atoms with E-state index < -0.39 is 22.9 Å². The van der Waals surface area contributed by atoms with Crippen molar-refractivity contribution in [3.05, 3.63) is 48.4 Å². The lowest BCUT2D eigenvalue weighted by Gasteiger charge is -2.11. The van der Waals surface area contributed by atoms with E-state index in [1.807, 2.05) is 0 Å². The van der Waals surface area contributed by atoms with Crippen molar-refractivity contribution in [2.75, 3.05) is 18.1 Å². The number of aliphatic hydroxyl groups excluding tert-OH is 1. The third-order valence-corrected chi connectivity index (χ3v) is 3.67. The van der Waals surface area contributed by atoms with Crippen LogP contribution in [0, 0.1) is 0 Å². The maximum absolute atomic E-state index is 11.7. The molecule has 0 saturated heterocycles. The first kappa shape index (κ1) is 15.3.